The number of fused-ring (bicyclic) bond motifs is 3. The van der Waals surface area contributed by atoms with Gasteiger partial charge in [-0.25, -0.2) is 13.6 Å². The average Bonchev–Trinajstić information content (AvgIpc) is 3.50. The molecule has 0 unspecified atom stereocenters. The largest absolute Gasteiger partial charge is 0.486 e. The van der Waals surface area contributed by atoms with Crippen molar-refractivity contribution in [3.63, 3.8) is 0 Å². The highest BCUT2D eigenvalue weighted by molar-refractivity contribution is 7.98. The Morgan fingerprint density at radius 3 is 2.67 bits per heavy atom. The number of rotatable bonds is 6. The smallest absolute Gasteiger partial charge is 0.344 e. The van der Waals surface area contributed by atoms with Gasteiger partial charge in [-0.3, -0.25) is 4.79 Å². The lowest BCUT2D eigenvalue weighted by molar-refractivity contribution is 0.0375. The molecule has 9 heteroatoms. The zero-order valence-electron chi connectivity index (χ0n) is 16.4. The summed E-state index contributed by atoms with van der Waals surface area (Å²) >= 11 is 7.77. The zero-order chi connectivity index (χ0) is 21.6. The Morgan fingerprint density at radius 1 is 1.30 bits per heavy atom. The van der Waals surface area contributed by atoms with Crippen molar-refractivity contribution in [2.45, 2.75) is 55.9 Å². The molecule has 0 bridgehead atoms. The number of hydrogen-bond acceptors (Lipinski definition) is 5. The fraction of sp³-hybridized carbons (Fsp3) is 0.429. The van der Waals surface area contributed by atoms with E-state index in [0.717, 1.165) is 34.6 Å². The van der Waals surface area contributed by atoms with Crippen LogP contribution in [-0.4, -0.2) is 29.7 Å². The van der Waals surface area contributed by atoms with E-state index in [-0.39, 0.29) is 34.0 Å². The van der Waals surface area contributed by atoms with Gasteiger partial charge in [0.05, 0.1) is 16.8 Å². The first kappa shape index (κ1) is 21.2. The zero-order valence-corrected chi connectivity index (χ0v) is 18.0. The molecule has 1 aromatic carbocycles. The number of aromatic nitrogens is 1. The second-order valence-electron chi connectivity index (χ2n) is 7.56. The highest BCUT2D eigenvalue weighted by Crippen LogP contribution is 2.48. The van der Waals surface area contributed by atoms with Gasteiger partial charge < -0.3 is 14.0 Å². The summed E-state index contributed by atoms with van der Waals surface area (Å²) in [5.41, 5.74) is 1.95. The number of halogens is 3. The summed E-state index contributed by atoms with van der Waals surface area (Å²) in [6.45, 7) is 2.73. The predicted octanol–water partition coefficient (Wildman–Crippen LogP) is 5.32. The minimum atomic E-state index is -2.60. The van der Waals surface area contributed by atoms with Gasteiger partial charge >= 0.3 is 5.97 Å². The monoisotopic (exact) mass is 455 g/mol. The van der Waals surface area contributed by atoms with Crippen molar-refractivity contribution >= 4 is 29.3 Å². The Hall–Kier alpha value is -2.06. The quantitative estimate of drug-likeness (QED) is 0.552. The number of hydrogen-bond donors (Lipinski definition) is 0. The second-order valence-corrected chi connectivity index (χ2v) is 8.99. The number of benzene rings is 1. The molecule has 0 radical (unpaired) electrons. The van der Waals surface area contributed by atoms with E-state index in [1.807, 2.05) is 0 Å². The Kier molecular flexibility index (Phi) is 5.81. The van der Waals surface area contributed by atoms with E-state index in [0.29, 0.717) is 5.75 Å². The van der Waals surface area contributed by atoms with Crippen LogP contribution in [0.25, 0.3) is 11.3 Å². The van der Waals surface area contributed by atoms with Gasteiger partial charge in [0.2, 0.25) is 0 Å². The number of ether oxygens (including phenoxy) is 2. The lowest BCUT2D eigenvalue weighted by Crippen LogP contribution is -2.30. The minimum absolute atomic E-state index is 0.0162. The number of esters is 1. The van der Waals surface area contributed by atoms with Gasteiger partial charge in [0.15, 0.2) is 0 Å². The maximum absolute atomic E-state index is 13.2. The molecule has 2 aliphatic rings. The number of carbonyl (C=O) groups is 1. The molecule has 1 aromatic heterocycles. The number of pyridine rings is 1. The first-order chi connectivity index (χ1) is 14.3. The third-order valence-corrected chi connectivity index (χ3v) is 6.22. The van der Waals surface area contributed by atoms with Gasteiger partial charge in [0, 0.05) is 22.3 Å². The Balaban J connectivity index is 1.83. The van der Waals surface area contributed by atoms with E-state index in [2.05, 4.69) is 0 Å². The van der Waals surface area contributed by atoms with E-state index in [1.165, 1.54) is 11.8 Å². The molecule has 0 saturated heterocycles. The molecule has 2 heterocycles. The standard InChI is InChI=1S/C21H20ClF2NO4S/c1-10(2)29-21(27)14-5-11-9-30-17-7-16(28-8-18(23)24)15(22)6-13(17)19(11)25(20(14)26)12-3-4-12/h5-7,10,12,18H,3-4,8-9H2,1-2H3. The molecule has 4 rings (SSSR count). The van der Waals surface area contributed by atoms with E-state index in [9.17, 15) is 18.4 Å². The van der Waals surface area contributed by atoms with Gasteiger partial charge in [0.25, 0.3) is 12.0 Å². The molecule has 0 amide bonds. The summed E-state index contributed by atoms with van der Waals surface area (Å²) in [6, 6.07) is 4.90. The van der Waals surface area contributed by atoms with Crippen LogP contribution >= 0.6 is 23.4 Å². The number of carbonyl (C=O) groups excluding carboxylic acids is 1. The minimum Gasteiger partial charge on any atom is -0.486 e. The summed E-state index contributed by atoms with van der Waals surface area (Å²) in [6.07, 6.45) is -1.24. The Morgan fingerprint density at radius 2 is 2.03 bits per heavy atom. The Labute approximate surface area is 181 Å². The van der Waals surface area contributed by atoms with Crippen LogP contribution in [-0.2, 0) is 10.5 Å². The molecular weight excluding hydrogens is 436 g/mol. The topological polar surface area (TPSA) is 57.5 Å². The number of nitrogens with zero attached hydrogens (tertiary/aromatic N) is 1. The maximum atomic E-state index is 13.2. The molecule has 1 saturated carbocycles. The van der Waals surface area contributed by atoms with Crippen LogP contribution in [0.2, 0.25) is 5.02 Å². The van der Waals surface area contributed by atoms with Crippen LogP contribution < -0.4 is 10.3 Å². The molecule has 5 nitrogen and oxygen atoms in total. The fourth-order valence-corrected chi connectivity index (χ4v) is 4.72. The van der Waals surface area contributed by atoms with Crippen LogP contribution in [0.1, 0.15) is 48.7 Å². The normalized spacial score (nSPS) is 15.2. The van der Waals surface area contributed by atoms with Crippen molar-refractivity contribution in [1.82, 2.24) is 4.57 Å². The highest BCUT2D eigenvalue weighted by atomic mass is 35.5. The van der Waals surface area contributed by atoms with Crippen LogP contribution in [0.3, 0.4) is 0 Å². The van der Waals surface area contributed by atoms with Crippen molar-refractivity contribution < 1.29 is 23.0 Å². The van der Waals surface area contributed by atoms with Gasteiger partial charge in [-0.15, -0.1) is 11.8 Å². The molecule has 0 spiro atoms. The summed E-state index contributed by atoms with van der Waals surface area (Å²) in [5, 5.41) is 0.195. The third kappa shape index (κ3) is 4.07. The van der Waals surface area contributed by atoms with E-state index in [4.69, 9.17) is 21.1 Å². The van der Waals surface area contributed by atoms with Gasteiger partial charge in [-0.1, -0.05) is 11.6 Å². The van der Waals surface area contributed by atoms with Crippen LogP contribution in [0.15, 0.2) is 27.9 Å². The second kappa shape index (κ2) is 8.23. The number of thioether (sulfide) groups is 1. The van der Waals surface area contributed by atoms with Gasteiger partial charge in [-0.05, 0) is 50.5 Å². The lowest BCUT2D eigenvalue weighted by atomic mass is 10.0. The van der Waals surface area contributed by atoms with E-state index < -0.39 is 19.0 Å². The Bertz CT molecular complexity index is 1070. The molecule has 0 atom stereocenters. The highest BCUT2D eigenvalue weighted by Gasteiger charge is 2.34. The van der Waals surface area contributed by atoms with Crippen LogP contribution in [0.4, 0.5) is 8.78 Å². The first-order valence-electron chi connectivity index (χ1n) is 9.63. The van der Waals surface area contributed by atoms with Crippen LogP contribution in [0.5, 0.6) is 5.75 Å². The van der Waals surface area contributed by atoms with E-state index in [1.54, 1.807) is 36.6 Å². The molecule has 0 N–H and O–H groups in total. The van der Waals surface area contributed by atoms with Crippen molar-refractivity contribution in [3.05, 3.63) is 44.7 Å². The summed E-state index contributed by atoms with van der Waals surface area (Å²) in [4.78, 5) is 26.5. The van der Waals surface area contributed by atoms with Crippen LogP contribution in [0, 0.1) is 0 Å². The third-order valence-electron chi connectivity index (χ3n) is 4.82. The molecular formula is C21H20ClF2NO4S. The van der Waals surface area contributed by atoms with E-state index >= 15 is 0 Å². The molecule has 2 aromatic rings. The first-order valence-corrected chi connectivity index (χ1v) is 11.0. The van der Waals surface area contributed by atoms with Crippen molar-refractivity contribution in [3.8, 4) is 17.0 Å². The lowest BCUT2D eigenvalue weighted by Gasteiger charge is -2.25. The molecule has 30 heavy (non-hydrogen) atoms. The van der Waals surface area contributed by atoms with Crippen molar-refractivity contribution in [1.29, 1.82) is 0 Å². The number of alkyl halides is 2. The molecule has 160 valence electrons. The van der Waals surface area contributed by atoms with Gasteiger partial charge in [-0.2, -0.15) is 0 Å². The molecule has 1 aliphatic heterocycles. The summed E-state index contributed by atoms with van der Waals surface area (Å²) < 4.78 is 37.1. The van der Waals surface area contributed by atoms with Crippen molar-refractivity contribution in [2.75, 3.05) is 6.61 Å². The van der Waals surface area contributed by atoms with Gasteiger partial charge in [0.1, 0.15) is 17.9 Å². The summed E-state index contributed by atoms with van der Waals surface area (Å²) in [5.74, 6) is 0.0774. The molecule has 1 aliphatic carbocycles. The fourth-order valence-electron chi connectivity index (χ4n) is 3.47. The average molecular weight is 456 g/mol. The molecule has 1 fully saturated rings. The SMILES string of the molecule is CC(C)OC(=O)c1cc2c(n(C3CC3)c1=O)-c1cc(Cl)c(OCC(F)F)cc1SC2. The van der Waals surface area contributed by atoms with Crippen molar-refractivity contribution in [2.24, 2.45) is 0 Å². The maximum Gasteiger partial charge on any atom is 0.344 e. The summed E-state index contributed by atoms with van der Waals surface area (Å²) in [7, 11) is 0. The predicted molar refractivity (Wildman–Crippen MR) is 111 cm³/mol.